The van der Waals surface area contributed by atoms with Gasteiger partial charge in [0.1, 0.15) is 0 Å². The molecule has 1 aliphatic heterocycles. The maximum absolute atomic E-state index is 6.35. The van der Waals surface area contributed by atoms with Gasteiger partial charge < -0.3 is 15.0 Å². The molecule has 3 aliphatic carbocycles. The normalized spacial score (nSPS) is 45.0. The van der Waals surface area contributed by atoms with Gasteiger partial charge in [-0.3, -0.25) is 0 Å². The molecule has 0 aromatic rings. The van der Waals surface area contributed by atoms with E-state index in [9.17, 15) is 0 Å². The SMILES string of the molecule is CC(C)C[C@@H](N)B1O[C@H]2CC3CC(C3(C)C)[C@@]2(C)O1. The van der Waals surface area contributed by atoms with E-state index in [0.29, 0.717) is 17.3 Å². The molecule has 3 nitrogen and oxygen atoms in total. The van der Waals surface area contributed by atoms with Crippen LogP contribution >= 0.6 is 0 Å². The first-order valence-electron chi connectivity index (χ1n) is 7.84. The Kier molecular flexibility index (Phi) is 3.09. The highest BCUT2D eigenvalue weighted by atomic mass is 16.7. The molecule has 0 amide bonds. The molecular formula is C15H28BNO2. The highest BCUT2D eigenvalue weighted by molar-refractivity contribution is 6.47. The lowest BCUT2D eigenvalue weighted by atomic mass is 9.43. The lowest BCUT2D eigenvalue weighted by molar-refractivity contribution is -0.199. The van der Waals surface area contributed by atoms with Gasteiger partial charge in [-0.15, -0.1) is 0 Å². The minimum absolute atomic E-state index is 0.00253. The summed E-state index contributed by atoms with van der Waals surface area (Å²) in [4.78, 5) is 0. The smallest absolute Gasteiger partial charge is 0.404 e. The first kappa shape index (κ1) is 13.9. The first-order valence-corrected chi connectivity index (χ1v) is 7.84. The molecule has 0 spiro atoms. The number of rotatable bonds is 3. The molecule has 19 heavy (non-hydrogen) atoms. The maximum Gasteiger partial charge on any atom is 0.475 e. The number of hydrogen-bond donors (Lipinski definition) is 1. The second-order valence-corrected chi connectivity index (χ2v) is 8.13. The van der Waals surface area contributed by atoms with Crippen LogP contribution in [0, 0.1) is 23.2 Å². The van der Waals surface area contributed by atoms with E-state index in [1.807, 2.05) is 0 Å². The van der Waals surface area contributed by atoms with Crippen molar-refractivity contribution in [2.45, 2.75) is 71.5 Å². The summed E-state index contributed by atoms with van der Waals surface area (Å²) in [6.45, 7) is 11.4. The van der Waals surface area contributed by atoms with Gasteiger partial charge in [-0.2, -0.15) is 0 Å². The lowest BCUT2D eigenvalue weighted by Gasteiger charge is -2.64. The molecule has 4 heteroatoms. The van der Waals surface area contributed by atoms with Crippen molar-refractivity contribution in [1.29, 1.82) is 0 Å². The topological polar surface area (TPSA) is 44.5 Å². The minimum Gasteiger partial charge on any atom is -0.404 e. The quantitative estimate of drug-likeness (QED) is 0.798. The van der Waals surface area contributed by atoms with Crippen LogP contribution in [0.1, 0.15) is 53.9 Å². The van der Waals surface area contributed by atoms with E-state index in [1.54, 1.807) is 0 Å². The van der Waals surface area contributed by atoms with Crippen LogP contribution in [0.3, 0.4) is 0 Å². The molecule has 2 unspecified atom stereocenters. The Hall–Kier alpha value is -0.0551. The summed E-state index contributed by atoms with van der Waals surface area (Å²) < 4.78 is 12.5. The summed E-state index contributed by atoms with van der Waals surface area (Å²) in [6.07, 6.45) is 3.67. The Morgan fingerprint density at radius 2 is 1.95 bits per heavy atom. The van der Waals surface area contributed by atoms with E-state index >= 15 is 0 Å². The van der Waals surface area contributed by atoms with E-state index in [0.717, 1.165) is 18.8 Å². The largest absolute Gasteiger partial charge is 0.475 e. The molecule has 1 saturated heterocycles. The number of nitrogens with two attached hydrogens (primary N) is 1. The van der Waals surface area contributed by atoms with Gasteiger partial charge in [0.15, 0.2) is 0 Å². The zero-order valence-corrected chi connectivity index (χ0v) is 13.0. The molecule has 5 atom stereocenters. The van der Waals surface area contributed by atoms with Crippen LogP contribution in [0.4, 0.5) is 0 Å². The molecule has 0 aromatic carbocycles. The average Bonchev–Trinajstić information content (AvgIpc) is 2.64. The van der Waals surface area contributed by atoms with E-state index in [2.05, 4.69) is 34.6 Å². The molecule has 0 radical (unpaired) electrons. The van der Waals surface area contributed by atoms with E-state index in [1.165, 1.54) is 6.42 Å². The fraction of sp³-hybridized carbons (Fsp3) is 1.00. The molecule has 4 fully saturated rings. The molecule has 4 aliphatic rings. The Morgan fingerprint density at radius 3 is 2.53 bits per heavy atom. The van der Waals surface area contributed by atoms with E-state index < -0.39 is 0 Å². The predicted molar refractivity (Wildman–Crippen MR) is 77.5 cm³/mol. The second kappa shape index (κ2) is 4.22. The Bertz CT molecular complexity index is 373. The van der Waals surface area contributed by atoms with Gasteiger partial charge in [0, 0.05) is 5.94 Å². The molecule has 108 valence electrons. The van der Waals surface area contributed by atoms with Crippen molar-refractivity contribution in [3.05, 3.63) is 0 Å². The predicted octanol–water partition coefficient (Wildman–Crippen LogP) is 2.63. The van der Waals surface area contributed by atoms with Gasteiger partial charge in [0.25, 0.3) is 0 Å². The van der Waals surface area contributed by atoms with Crippen LogP contribution in [0.2, 0.25) is 0 Å². The maximum atomic E-state index is 6.35. The fourth-order valence-electron chi connectivity index (χ4n) is 4.74. The van der Waals surface area contributed by atoms with Crippen molar-refractivity contribution in [3.63, 3.8) is 0 Å². The molecule has 3 saturated carbocycles. The van der Waals surface area contributed by atoms with Gasteiger partial charge in [0.2, 0.25) is 0 Å². The van der Waals surface area contributed by atoms with Crippen molar-refractivity contribution < 1.29 is 9.31 Å². The molecule has 2 N–H and O–H groups in total. The molecule has 1 heterocycles. The Morgan fingerprint density at radius 1 is 1.26 bits per heavy atom. The summed E-state index contributed by atoms with van der Waals surface area (Å²) in [5.74, 6) is 2.02. The van der Waals surface area contributed by atoms with Crippen LogP contribution in [-0.4, -0.2) is 24.8 Å². The monoisotopic (exact) mass is 265 g/mol. The second-order valence-electron chi connectivity index (χ2n) is 8.13. The Balaban J connectivity index is 1.74. The van der Waals surface area contributed by atoms with Gasteiger partial charge in [-0.25, -0.2) is 0 Å². The number of hydrogen-bond acceptors (Lipinski definition) is 3. The lowest BCUT2D eigenvalue weighted by Crippen LogP contribution is -2.65. The van der Waals surface area contributed by atoms with E-state index in [4.69, 9.17) is 15.0 Å². The van der Waals surface area contributed by atoms with Crippen molar-refractivity contribution in [1.82, 2.24) is 0 Å². The Labute approximate surface area is 117 Å². The minimum atomic E-state index is -0.201. The van der Waals surface area contributed by atoms with Gasteiger partial charge >= 0.3 is 7.12 Å². The molecule has 4 rings (SSSR count). The molecule has 2 bridgehead atoms. The van der Waals surface area contributed by atoms with Gasteiger partial charge in [-0.1, -0.05) is 27.7 Å². The highest BCUT2D eigenvalue weighted by Crippen LogP contribution is 2.65. The fourth-order valence-corrected chi connectivity index (χ4v) is 4.74. The van der Waals surface area contributed by atoms with Crippen molar-refractivity contribution in [2.24, 2.45) is 28.9 Å². The summed E-state index contributed by atoms with van der Waals surface area (Å²) in [6, 6.07) is 0. The third kappa shape index (κ3) is 1.90. The van der Waals surface area contributed by atoms with Gasteiger partial charge in [-0.05, 0) is 49.4 Å². The van der Waals surface area contributed by atoms with Crippen molar-refractivity contribution in [2.75, 3.05) is 0 Å². The molecule has 0 aromatic heterocycles. The first-order chi connectivity index (χ1) is 8.75. The van der Waals surface area contributed by atoms with Crippen LogP contribution in [0.5, 0.6) is 0 Å². The summed E-state index contributed by atoms with van der Waals surface area (Å²) >= 11 is 0. The highest BCUT2D eigenvalue weighted by Gasteiger charge is 2.68. The molecular weight excluding hydrogens is 237 g/mol. The third-order valence-corrected chi connectivity index (χ3v) is 6.06. The summed E-state index contributed by atoms with van der Waals surface area (Å²) in [5.41, 5.74) is 6.56. The van der Waals surface area contributed by atoms with Crippen LogP contribution in [0.25, 0.3) is 0 Å². The van der Waals surface area contributed by atoms with Crippen LogP contribution in [0.15, 0.2) is 0 Å². The zero-order chi connectivity index (χ0) is 14.0. The summed E-state index contributed by atoms with van der Waals surface area (Å²) in [7, 11) is -0.201. The van der Waals surface area contributed by atoms with E-state index in [-0.39, 0.29) is 24.8 Å². The van der Waals surface area contributed by atoms with Gasteiger partial charge in [0.05, 0.1) is 11.7 Å². The third-order valence-electron chi connectivity index (χ3n) is 6.06. The summed E-state index contributed by atoms with van der Waals surface area (Å²) in [5, 5.41) is 0. The standard InChI is InChI=1S/C15H28BNO2/c1-9(2)6-13(17)16-18-12-8-10-7-11(14(10,3)4)15(12,5)19-16/h9-13H,6-8,17H2,1-5H3/t10?,11?,12-,13+,15+/m0/s1. The van der Waals surface area contributed by atoms with Crippen LogP contribution in [-0.2, 0) is 9.31 Å². The zero-order valence-electron chi connectivity index (χ0n) is 13.0. The van der Waals surface area contributed by atoms with Crippen LogP contribution < -0.4 is 5.73 Å². The van der Waals surface area contributed by atoms with Crippen molar-refractivity contribution >= 4 is 7.12 Å². The average molecular weight is 265 g/mol. The van der Waals surface area contributed by atoms with Crippen molar-refractivity contribution in [3.8, 4) is 0 Å².